The van der Waals surface area contributed by atoms with Gasteiger partial charge in [-0.05, 0) is 61.9 Å². The molecule has 184 valence electrons. The van der Waals surface area contributed by atoms with Gasteiger partial charge in [-0.2, -0.15) is 0 Å². The van der Waals surface area contributed by atoms with Crippen molar-refractivity contribution in [1.82, 2.24) is 10.4 Å². The van der Waals surface area contributed by atoms with Crippen LogP contribution in [-0.4, -0.2) is 47.3 Å². The maximum atomic E-state index is 13.8. The van der Waals surface area contributed by atoms with E-state index in [-0.39, 0.29) is 30.6 Å². The third kappa shape index (κ3) is 5.04. The number of carbonyl (C=O) groups is 2. The zero-order valence-electron chi connectivity index (χ0n) is 21.2. The van der Waals surface area contributed by atoms with E-state index in [9.17, 15) is 14.7 Å². The van der Waals surface area contributed by atoms with Gasteiger partial charge >= 0.3 is 0 Å². The Morgan fingerprint density at radius 2 is 1.82 bits per heavy atom. The average molecular weight is 469 g/mol. The van der Waals surface area contributed by atoms with Crippen LogP contribution in [0.1, 0.15) is 71.5 Å². The molecular formula is C27H36N2O5. The summed E-state index contributed by atoms with van der Waals surface area (Å²) in [5.74, 6) is 0.319. The van der Waals surface area contributed by atoms with Crippen molar-refractivity contribution in [2.75, 3.05) is 13.2 Å². The van der Waals surface area contributed by atoms with Crippen molar-refractivity contribution < 1.29 is 24.2 Å². The number of amides is 2. The van der Waals surface area contributed by atoms with Crippen molar-refractivity contribution in [1.29, 1.82) is 0 Å². The lowest BCUT2D eigenvalue weighted by atomic mass is 9.84. The van der Waals surface area contributed by atoms with Crippen LogP contribution in [0.4, 0.5) is 0 Å². The van der Waals surface area contributed by atoms with E-state index in [2.05, 4.69) is 26.2 Å². The van der Waals surface area contributed by atoms with Gasteiger partial charge in [0.05, 0.1) is 12.6 Å². The first-order chi connectivity index (χ1) is 16.0. The Morgan fingerprint density at radius 1 is 1.12 bits per heavy atom. The number of ether oxygens (including phenoxy) is 2. The van der Waals surface area contributed by atoms with E-state index in [0.29, 0.717) is 34.6 Å². The summed E-state index contributed by atoms with van der Waals surface area (Å²) in [6.45, 7) is 13.9. The number of nitrogens with zero attached hydrogens (tertiary/aromatic N) is 1. The normalized spacial score (nSPS) is 16.1. The zero-order chi connectivity index (χ0) is 25.2. The molecule has 0 saturated heterocycles. The molecule has 0 aromatic heterocycles. The fourth-order valence-electron chi connectivity index (χ4n) is 4.38. The van der Waals surface area contributed by atoms with Gasteiger partial charge in [0.2, 0.25) is 0 Å². The van der Waals surface area contributed by atoms with Crippen molar-refractivity contribution in [3.63, 3.8) is 0 Å². The molecule has 1 heterocycles. The van der Waals surface area contributed by atoms with Crippen LogP contribution >= 0.6 is 0 Å². The largest absolute Gasteiger partial charge is 0.486 e. The first-order valence-electron chi connectivity index (χ1n) is 11.7. The number of rotatable bonds is 5. The minimum atomic E-state index is -0.489. The molecule has 2 atom stereocenters. The summed E-state index contributed by atoms with van der Waals surface area (Å²) in [5, 5.41) is 10.9. The van der Waals surface area contributed by atoms with Crippen molar-refractivity contribution in [2.45, 2.75) is 67.0 Å². The molecule has 1 unspecified atom stereocenters. The highest BCUT2D eigenvalue weighted by atomic mass is 16.6. The monoisotopic (exact) mass is 468 g/mol. The number of hydrogen-bond acceptors (Lipinski definition) is 5. The molecule has 0 aliphatic carbocycles. The molecule has 0 bridgehead atoms. The quantitative estimate of drug-likeness (QED) is 0.637. The predicted octanol–water partition coefficient (Wildman–Crippen LogP) is 4.36. The molecule has 0 spiro atoms. The number of nitrogens with one attached hydrogen (secondary N) is 1. The van der Waals surface area contributed by atoms with Crippen LogP contribution in [0, 0.1) is 26.2 Å². The predicted molar refractivity (Wildman–Crippen MR) is 131 cm³/mol. The van der Waals surface area contributed by atoms with Gasteiger partial charge in [0.25, 0.3) is 11.8 Å². The molecule has 1 aliphatic rings. The topological polar surface area (TPSA) is 88.1 Å². The summed E-state index contributed by atoms with van der Waals surface area (Å²) in [7, 11) is 0. The summed E-state index contributed by atoms with van der Waals surface area (Å²) >= 11 is 0. The lowest BCUT2D eigenvalue weighted by Gasteiger charge is -2.40. The lowest BCUT2D eigenvalue weighted by Crippen LogP contribution is -2.56. The number of carbonyl (C=O) groups excluding carboxylic acids is 2. The van der Waals surface area contributed by atoms with E-state index in [1.807, 2.05) is 32.9 Å². The maximum absolute atomic E-state index is 13.8. The van der Waals surface area contributed by atoms with E-state index < -0.39 is 12.0 Å². The molecule has 0 saturated carbocycles. The highest BCUT2D eigenvalue weighted by Gasteiger charge is 2.35. The van der Waals surface area contributed by atoms with Gasteiger partial charge in [0, 0.05) is 16.7 Å². The number of aliphatic hydroxyl groups excluding tert-OH is 1. The first-order valence-corrected chi connectivity index (χ1v) is 11.7. The lowest BCUT2D eigenvalue weighted by molar-refractivity contribution is 0.0282. The molecule has 0 fully saturated rings. The number of fused-ring (bicyclic) bond motifs is 1. The third-order valence-corrected chi connectivity index (χ3v) is 6.50. The molecule has 1 aliphatic heterocycles. The number of hydrazine groups is 1. The Bertz CT molecular complexity index is 1070. The Balaban J connectivity index is 1.99. The molecule has 34 heavy (non-hydrogen) atoms. The molecule has 2 amide bonds. The van der Waals surface area contributed by atoms with E-state index in [0.717, 1.165) is 11.1 Å². The van der Waals surface area contributed by atoms with E-state index in [4.69, 9.17) is 9.47 Å². The summed E-state index contributed by atoms with van der Waals surface area (Å²) in [4.78, 5) is 27.3. The van der Waals surface area contributed by atoms with Gasteiger partial charge in [0.1, 0.15) is 6.61 Å². The van der Waals surface area contributed by atoms with E-state index >= 15 is 0 Å². The highest BCUT2D eigenvalue weighted by Crippen LogP contribution is 2.37. The van der Waals surface area contributed by atoms with Crippen LogP contribution < -0.4 is 14.9 Å². The maximum Gasteiger partial charge on any atom is 0.272 e. The van der Waals surface area contributed by atoms with Gasteiger partial charge < -0.3 is 14.6 Å². The van der Waals surface area contributed by atoms with Crippen molar-refractivity contribution in [3.8, 4) is 11.5 Å². The number of benzene rings is 2. The fraction of sp³-hybridized carbons (Fsp3) is 0.481. The Hall–Kier alpha value is -3.06. The minimum absolute atomic E-state index is 0.183. The molecule has 2 aromatic carbocycles. The highest BCUT2D eigenvalue weighted by molar-refractivity contribution is 6.01. The molecule has 2 aromatic rings. The number of aryl methyl sites for hydroxylation is 1. The van der Waals surface area contributed by atoms with Crippen molar-refractivity contribution >= 4 is 11.8 Å². The number of aliphatic hydroxyl groups is 1. The average Bonchev–Trinajstić information content (AvgIpc) is 2.79. The van der Waals surface area contributed by atoms with Gasteiger partial charge in [-0.1, -0.05) is 39.8 Å². The summed E-state index contributed by atoms with van der Waals surface area (Å²) in [6, 6.07) is 8.74. The summed E-state index contributed by atoms with van der Waals surface area (Å²) in [6.07, 6.45) is 0.177. The summed E-state index contributed by atoms with van der Waals surface area (Å²) in [5.41, 5.74) is 6.08. The van der Waals surface area contributed by atoms with Crippen LogP contribution in [-0.2, 0) is 0 Å². The molecule has 7 nitrogen and oxygen atoms in total. The first kappa shape index (κ1) is 25.6. The Kier molecular flexibility index (Phi) is 7.56. The smallest absolute Gasteiger partial charge is 0.272 e. The van der Waals surface area contributed by atoms with Crippen LogP contribution in [0.3, 0.4) is 0 Å². The van der Waals surface area contributed by atoms with Crippen LogP contribution in [0.25, 0.3) is 0 Å². The van der Waals surface area contributed by atoms with Gasteiger partial charge in [-0.3, -0.25) is 15.0 Å². The van der Waals surface area contributed by atoms with Crippen LogP contribution in [0.2, 0.25) is 0 Å². The second kappa shape index (κ2) is 10.1. The summed E-state index contributed by atoms with van der Waals surface area (Å²) < 4.78 is 11.5. The van der Waals surface area contributed by atoms with E-state index in [1.54, 1.807) is 25.1 Å². The van der Waals surface area contributed by atoms with Crippen molar-refractivity contribution in [3.05, 3.63) is 58.1 Å². The standard InChI is InChI=1S/C27H36N2O5/c1-8-23(27(5,6)7)29(26(32)21-11-9-10-16(2)17(21)3)28-25(31)20-12-13-22-24(18(20)4)34-19(14-30)15-33-22/h9-13,19,23,30H,8,14-15H2,1-7H3,(H,28,31)/t19-,23?/m0/s1. The van der Waals surface area contributed by atoms with Crippen molar-refractivity contribution in [2.24, 2.45) is 5.41 Å². The Labute approximate surface area is 202 Å². The molecule has 7 heteroatoms. The van der Waals surface area contributed by atoms with Gasteiger partial charge in [0.15, 0.2) is 17.6 Å². The second-order valence-corrected chi connectivity index (χ2v) is 9.95. The molecular weight excluding hydrogens is 432 g/mol. The number of hydrogen-bond donors (Lipinski definition) is 2. The Morgan fingerprint density at radius 3 is 2.44 bits per heavy atom. The van der Waals surface area contributed by atoms with Crippen LogP contribution in [0.15, 0.2) is 30.3 Å². The van der Waals surface area contributed by atoms with Gasteiger partial charge in [-0.25, -0.2) is 5.01 Å². The molecule has 3 rings (SSSR count). The third-order valence-electron chi connectivity index (χ3n) is 6.50. The van der Waals surface area contributed by atoms with E-state index in [1.165, 1.54) is 5.01 Å². The SMILES string of the molecule is CCC(N(NC(=O)c1ccc2c(c1C)O[C@@H](CO)CO2)C(=O)c1cccc(C)c1C)C(C)(C)C. The van der Waals surface area contributed by atoms with Crippen LogP contribution in [0.5, 0.6) is 11.5 Å². The minimum Gasteiger partial charge on any atom is -0.486 e. The zero-order valence-corrected chi connectivity index (χ0v) is 21.2. The second-order valence-electron chi connectivity index (χ2n) is 9.95. The fourth-order valence-corrected chi connectivity index (χ4v) is 4.38. The molecule has 0 radical (unpaired) electrons. The molecule has 2 N–H and O–H groups in total. The van der Waals surface area contributed by atoms with Gasteiger partial charge in [-0.15, -0.1) is 0 Å².